The zero-order valence-corrected chi connectivity index (χ0v) is 20.0. The molecule has 6 nitrogen and oxygen atoms in total. The average Bonchev–Trinajstić information content (AvgIpc) is 3.06. The molecule has 1 unspecified atom stereocenters. The fourth-order valence-corrected chi connectivity index (χ4v) is 4.42. The van der Waals surface area contributed by atoms with E-state index in [1.165, 1.54) is 5.56 Å². The van der Waals surface area contributed by atoms with Crippen LogP contribution in [0.15, 0.2) is 60.7 Å². The summed E-state index contributed by atoms with van der Waals surface area (Å²) in [5.41, 5.74) is 4.43. The standard InChI is InChI=1S/C27H33N3O3/c1-5-33-23-12-8-21(9-13-23)27-25(14-15-26(28-27)32-4)30-17-16-24(29(2)18-19-30)20-6-10-22(31-3)11-7-20/h6-15,24H,5,16-19H2,1-4H3. The minimum Gasteiger partial charge on any atom is -0.497 e. The number of methoxy groups -OCH3 is 2. The number of aromatic nitrogens is 1. The van der Waals surface area contributed by atoms with Crippen molar-refractivity contribution in [3.8, 4) is 28.6 Å². The summed E-state index contributed by atoms with van der Waals surface area (Å²) < 4.78 is 16.4. The topological polar surface area (TPSA) is 47.1 Å². The largest absolute Gasteiger partial charge is 0.497 e. The van der Waals surface area contributed by atoms with Gasteiger partial charge < -0.3 is 19.1 Å². The van der Waals surface area contributed by atoms with Crippen LogP contribution < -0.4 is 19.1 Å². The van der Waals surface area contributed by atoms with E-state index in [2.05, 4.69) is 47.2 Å². The lowest BCUT2D eigenvalue weighted by molar-refractivity contribution is 0.258. The van der Waals surface area contributed by atoms with E-state index in [1.54, 1.807) is 14.2 Å². The molecule has 1 saturated heterocycles. The molecule has 0 aliphatic carbocycles. The van der Waals surface area contributed by atoms with Crippen LogP contribution in [0.4, 0.5) is 5.69 Å². The highest BCUT2D eigenvalue weighted by molar-refractivity contribution is 5.76. The van der Waals surface area contributed by atoms with E-state index >= 15 is 0 Å². The van der Waals surface area contributed by atoms with Gasteiger partial charge in [0.15, 0.2) is 0 Å². The van der Waals surface area contributed by atoms with E-state index in [4.69, 9.17) is 19.2 Å². The van der Waals surface area contributed by atoms with Gasteiger partial charge in [-0.05, 0) is 68.4 Å². The molecule has 1 aromatic heterocycles. The van der Waals surface area contributed by atoms with E-state index in [0.29, 0.717) is 18.5 Å². The minimum atomic E-state index is 0.362. The Morgan fingerprint density at radius 1 is 0.848 bits per heavy atom. The maximum atomic E-state index is 5.62. The molecule has 174 valence electrons. The SMILES string of the molecule is CCOc1ccc(-c2nc(OC)ccc2N2CCC(c3ccc(OC)cc3)N(C)CC2)cc1. The first-order valence-electron chi connectivity index (χ1n) is 11.5. The predicted octanol–water partition coefficient (Wildman–Crippen LogP) is 5.05. The van der Waals surface area contributed by atoms with Gasteiger partial charge in [0.25, 0.3) is 0 Å². The van der Waals surface area contributed by atoms with E-state index in [-0.39, 0.29) is 0 Å². The predicted molar refractivity (Wildman–Crippen MR) is 133 cm³/mol. The molecule has 1 aliphatic rings. The second-order valence-electron chi connectivity index (χ2n) is 8.22. The van der Waals surface area contributed by atoms with Crippen LogP contribution in [0, 0.1) is 0 Å². The first-order chi connectivity index (χ1) is 16.1. The van der Waals surface area contributed by atoms with Crippen LogP contribution in [0.3, 0.4) is 0 Å². The Morgan fingerprint density at radius 2 is 1.58 bits per heavy atom. The third-order valence-corrected chi connectivity index (χ3v) is 6.26. The quantitative estimate of drug-likeness (QED) is 0.505. The molecular formula is C27H33N3O3. The number of hydrogen-bond donors (Lipinski definition) is 0. The Morgan fingerprint density at radius 3 is 2.24 bits per heavy atom. The first-order valence-corrected chi connectivity index (χ1v) is 11.5. The summed E-state index contributed by atoms with van der Waals surface area (Å²) in [6, 6.07) is 21.0. The first kappa shape index (κ1) is 22.9. The zero-order valence-electron chi connectivity index (χ0n) is 20.0. The molecule has 2 heterocycles. The second-order valence-corrected chi connectivity index (χ2v) is 8.22. The fourth-order valence-electron chi connectivity index (χ4n) is 4.42. The van der Waals surface area contributed by atoms with Crippen molar-refractivity contribution in [1.82, 2.24) is 9.88 Å². The molecule has 0 radical (unpaired) electrons. The number of hydrogen-bond acceptors (Lipinski definition) is 6. The molecule has 0 bridgehead atoms. The molecule has 6 heteroatoms. The molecule has 0 N–H and O–H groups in total. The maximum Gasteiger partial charge on any atom is 0.213 e. The van der Waals surface area contributed by atoms with Gasteiger partial charge in [0.05, 0.1) is 32.2 Å². The molecule has 4 rings (SSSR count). The molecule has 0 amide bonds. The van der Waals surface area contributed by atoms with E-state index in [9.17, 15) is 0 Å². The van der Waals surface area contributed by atoms with Crippen LogP contribution in [-0.2, 0) is 0 Å². The second kappa shape index (κ2) is 10.6. The van der Waals surface area contributed by atoms with Crippen LogP contribution in [-0.4, -0.2) is 57.4 Å². The lowest BCUT2D eigenvalue weighted by Crippen LogP contribution is -2.29. The van der Waals surface area contributed by atoms with Crippen LogP contribution in [0.2, 0.25) is 0 Å². The van der Waals surface area contributed by atoms with Gasteiger partial charge in [-0.3, -0.25) is 4.90 Å². The van der Waals surface area contributed by atoms with Gasteiger partial charge in [-0.2, -0.15) is 0 Å². The van der Waals surface area contributed by atoms with Crippen molar-refractivity contribution in [2.45, 2.75) is 19.4 Å². The Balaban J connectivity index is 1.60. The summed E-state index contributed by atoms with van der Waals surface area (Å²) in [5.74, 6) is 2.37. The lowest BCUT2D eigenvalue weighted by atomic mass is 10.0. The molecule has 1 atom stereocenters. The van der Waals surface area contributed by atoms with Gasteiger partial charge in [0.1, 0.15) is 11.5 Å². The number of benzene rings is 2. The number of likely N-dealkylation sites (N-methyl/N-ethyl adjacent to an activating group) is 1. The van der Waals surface area contributed by atoms with E-state index < -0.39 is 0 Å². The normalized spacial score (nSPS) is 16.8. The molecular weight excluding hydrogens is 414 g/mol. The molecule has 0 saturated carbocycles. The Bertz CT molecular complexity index is 1040. The Kier molecular flexibility index (Phi) is 7.35. The minimum absolute atomic E-state index is 0.362. The van der Waals surface area contributed by atoms with Crippen molar-refractivity contribution in [2.24, 2.45) is 0 Å². The Hall–Kier alpha value is -3.25. The van der Waals surface area contributed by atoms with Crippen molar-refractivity contribution >= 4 is 5.69 Å². The summed E-state index contributed by atoms with van der Waals surface area (Å²) in [6.45, 7) is 5.48. The number of anilines is 1. The molecule has 33 heavy (non-hydrogen) atoms. The summed E-state index contributed by atoms with van der Waals surface area (Å²) in [7, 11) is 5.57. The summed E-state index contributed by atoms with van der Waals surface area (Å²) in [6.07, 6.45) is 1.03. The van der Waals surface area contributed by atoms with Crippen LogP contribution >= 0.6 is 0 Å². The maximum absolute atomic E-state index is 5.62. The summed E-state index contributed by atoms with van der Waals surface area (Å²) in [5, 5.41) is 0. The number of nitrogens with zero attached hydrogens (tertiary/aromatic N) is 3. The van der Waals surface area contributed by atoms with Crippen LogP contribution in [0.1, 0.15) is 24.9 Å². The smallest absolute Gasteiger partial charge is 0.213 e. The van der Waals surface area contributed by atoms with Gasteiger partial charge in [-0.25, -0.2) is 4.98 Å². The van der Waals surface area contributed by atoms with Gasteiger partial charge in [0.2, 0.25) is 5.88 Å². The molecule has 1 aliphatic heterocycles. The highest BCUT2D eigenvalue weighted by Gasteiger charge is 2.25. The fraction of sp³-hybridized carbons (Fsp3) is 0.370. The molecule has 0 spiro atoms. The summed E-state index contributed by atoms with van der Waals surface area (Å²) >= 11 is 0. The van der Waals surface area contributed by atoms with Gasteiger partial charge >= 0.3 is 0 Å². The number of ether oxygens (including phenoxy) is 3. The van der Waals surface area contributed by atoms with Gasteiger partial charge in [0, 0.05) is 37.3 Å². The molecule has 2 aromatic carbocycles. The molecule has 3 aromatic rings. The van der Waals surface area contributed by atoms with Crippen molar-refractivity contribution in [1.29, 1.82) is 0 Å². The van der Waals surface area contributed by atoms with Gasteiger partial charge in [-0.1, -0.05) is 12.1 Å². The molecule has 1 fully saturated rings. The van der Waals surface area contributed by atoms with E-state index in [0.717, 1.165) is 54.5 Å². The lowest BCUT2D eigenvalue weighted by Gasteiger charge is -2.25. The zero-order chi connectivity index (χ0) is 23.2. The number of rotatable bonds is 7. The monoisotopic (exact) mass is 447 g/mol. The van der Waals surface area contributed by atoms with Crippen molar-refractivity contribution in [2.75, 3.05) is 52.4 Å². The highest BCUT2D eigenvalue weighted by Crippen LogP contribution is 2.35. The van der Waals surface area contributed by atoms with Crippen molar-refractivity contribution in [3.63, 3.8) is 0 Å². The summed E-state index contributed by atoms with van der Waals surface area (Å²) in [4.78, 5) is 9.71. The van der Waals surface area contributed by atoms with E-state index in [1.807, 2.05) is 37.3 Å². The third kappa shape index (κ3) is 5.22. The highest BCUT2D eigenvalue weighted by atomic mass is 16.5. The Labute approximate surface area is 196 Å². The number of pyridine rings is 1. The average molecular weight is 448 g/mol. The third-order valence-electron chi connectivity index (χ3n) is 6.26. The van der Waals surface area contributed by atoms with Crippen molar-refractivity contribution in [3.05, 3.63) is 66.2 Å². The van der Waals surface area contributed by atoms with Crippen LogP contribution in [0.5, 0.6) is 17.4 Å². The van der Waals surface area contributed by atoms with Gasteiger partial charge in [-0.15, -0.1) is 0 Å². The van der Waals surface area contributed by atoms with Crippen molar-refractivity contribution < 1.29 is 14.2 Å². The van der Waals surface area contributed by atoms with Crippen LogP contribution in [0.25, 0.3) is 11.3 Å².